The lowest BCUT2D eigenvalue weighted by Crippen LogP contribution is -2.46. The summed E-state index contributed by atoms with van der Waals surface area (Å²) in [5.74, 6) is 0. The van der Waals surface area contributed by atoms with Gasteiger partial charge in [0.05, 0.1) is 18.1 Å². The van der Waals surface area contributed by atoms with Crippen molar-refractivity contribution in [3.05, 3.63) is 18.2 Å². The van der Waals surface area contributed by atoms with Gasteiger partial charge in [0.15, 0.2) is 0 Å². The topological polar surface area (TPSA) is 59.1 Å². The Balaban J connectivity index is 2.00. The third kappa shape index (κ3) is 3.31. The van der Waals surface area contributed by atoms with Crippen LogP contribution in [0.1, 0.15) is 44.3 Å². The molecule has 1 unspecified atom stereocenters. The second kappa shape index (κ2) is 6.87. The molecule has 0 amide bonds. The summed E-state index contributed by atoms with van der Waals surface area (Å²) in [4.78, 5) is 4.25. The van der Waals surface area contributed by atoms with Crippen LogP contribution in [0.15, 0.2) is 12.5 Å². The van der Waals surface area contributed by atoms with E-state index in [1.54, 1.807) is 0 Å². The maximum absolute atomic E-state index is 5.92. The minimum atomic E-state index is 0.178. The first-order chi connectivity index (χ1) is 8.85. The molecule has 0 radical (unpaired) electrons. The van der Waals surface area contributed by atoms with Crippen molar-refractivity contribution in [1.29, 1.82) is 0 Å². The zero-order valence-electron chi connectivity index (χ0n) is 11.3. The number of hydrazine groups is 1. The van der Waals surface area contributed by atoms with E-state index in [4.69, 9.17) is 5.73 Å². The summed E-state index contributed by atoms with van der Waals surface area (Å²) < 4.78 is 2.20. The standard InChI is InChI=1S/C13H25N5/c1-2-6-17-11-15-10-13(17)12(9-14)16-18-7-4-3-5-8-18/h10-12,16H,2-9,14H2,1H3. The van der Waals surface area contributed by atoms with Crippen molar-refractivity contribution in [3.63, 3.8) is 0 Å². The Labute approximate surface area is 109 Å². The molecule has 0 aliphatic carbocycles. The molecule has 0 aromatic carbocycles. The van der Waals surface area contributed by atoms with Crippen molar-refractivity contribution in [3.8, 4) is 0 Å². The maximum atomic E-state index is 5.92. The highest BCUT2D eigenvalue weighted by Gasteiger charge is 2.18. The van der Waals surface area contributed by atoms with Crippen LogP contribution in [0, 0.1) is 0 Å². The van der Waals surface area contributed by atoms with E-state index in [1.165, 1.54) is 25.0 Å². The molecular weight excluding hydrogens is 226 g/mol. The number of hydrogen-bond donors (Lipinski definition) is 2. The Morgan fingerprint density at radius 3 is 2.83 bits per heavy atom. The Morgan fingerprint density at radius 1 is 1.39 bits per heavy atom. The average Bonchev–Trinajstić information content (AvgIpc) is 2.86. The zero-order chi connectivity index (χ0) is 12.8. The van der Waals surface area contributed by atoms with Crippen LogP contribution < -0.4 is 11.2 Å². The van der Waals surface area contributed by atoms with Gasteiger partial charge in [0.2, 0.25) is 0 Å². The predicted octanol–water partition coefficient (Wildman–Crippen LogP) is 1.28. The number of rotatable bonds is 6. The molecular formula is C13H25N5. The van der Waals surface area contributed by atoms with Crippen molar-refractivity contribution in [2.24, 2.45) is 5.73 Å². The normalized spacial score (nSPS) is 19.0. The molecule has 1 aromatic heterocycles. The Hall–Kier alpha value is -0.910. The van der Waals surface area contributed by atoms with E-state index in [0.29, 0.717) is 6.54 Å². The second-order valence-electron chi connectivity index (χ2n) is 4.98. The third-order valence-corrected chi connectivity index (χ3v) is 3.50. The third-order valence-electron chi connectivity index (χ3n) is 3.50. The first kappa shape index (κ1) is 13.5. The zero-order valence-corrected chi connectivity index (χ0v) is 11.3. The molecule has 5 heteroatoms. The SMILES string of the molecule is CCCn1cncc1C(CN)NN1CCCCC1. The maximum Gasteiger partial charge on any atom is 0.0948 e. The molecule has 1 aliphatic rings. The van der Waals surface area contributed by atoms with E-state index >= 15 is 0 Å². The quantitative estimate of drug-likeness (QED) is 0.799. The van der Waals surface area contributed by atoms with Gasteiger partial charge in [0.25, 0.3) is 0 Å². The van der Waals surface area contributed by atoms with Crippen molar-refractivity contribution in [2.75, 3.05) is 19.6 Å². The number of nitrogens with one attached hydrogen (secondary N) is 1. The van der Waals surface area contributed by atoms with Gasteiger partial charge in [-0.3, -0.25) is 0 Å². The van der Waals surface area contributed by atoms with Gasteiger partial charge in [0.1, 0.15) is 0 Å². The average molecular weight is 251 g/mol. The molecule has 18 heavy (non-hydrogen) atoms. The summed E-state index contributed by atoms with van der Waals surface area (Å²) in [7, 11) is 0. The summed E-state index contributed by atoms with van der Waals surface area (Å²) in [6.45, 7) is 6.04. The fourth-order valence-electron chi connectivity index (χ4n) is 2.53. The number of aromatic nitrogens is 2. The Bertz CT molecular complexity index is 343. The summed E-state index contributed by atoms with van der Waals surface area (Å²) >= 11 is 0. The van der Waals surface area contributed by atoms with Crippen molar-refractivity contribution in [2.45, 2.75) is 45.2 Å². The molecule has 3 N–H and O–H groups in total. The lowest BCUT2D eigenvalue weighted by Gasteiger charge is -2.31. The van der Waals surface area contributed by atoms with Crippen LogP contribution >= 0.6 is 0 Å². The van der Waals surface area contributed by atoms with E-state index < -0.39 is 0 Å². The molecule has 2 rings (SSSR count). The fraction of sp³-hybridized carbons (Fsp3) is 0.769. The minimum Gasteiger partial charge on any atom is -0.333 e. The van der Waals surface area contributed by atoms with E-state index in [9.17, 15) is 0 Å². The highest BCUT2D eigenvalue weighted by Crippen LogP contribution is 2.15. The van der Waals surface area contributed by atoms with Crippen LogP contribution in [-0.2, 0) is 6.54 Å². The summed E-state index contributed by atoms with van der Waals surface area (Å²) in [5, 5.41) is 2.31. The van der Waals surface area contributed by atoms with Crippen molar-refractivity contribution < 1.29 is 0 Å². The minimum absolute atomic E-state index is 0.178. The van der Waals surface area contributed by atoms with Crippen LogP contribution in [0.3, 0.4) is 0 Å². The molecule has 0 spiro atoms. The Morgan fingerprint density at radius 2 is 2.17 bits per heavy atom. The van der Waals surface area contributed by atoms with Crippen LogP contribution in [0.4, 0.5) is 0 Å². The van der Waals surface area contributed by atoms with Crippen LogP contribution in [-0.4, -0.2) is 34.2 Å². The largest absolute Gasteiger partial charge is 0.333 e. The first-order valence-electron chi connectivity index (χ1n) is 7.06. The summed E-state index contributed by atoms with van der Waals surface area (Å²) in [6.07, 6.45) is 8.85. The molecule has 102 valence electrons. The monoisotopic (exact) mass is 251 g/mol. The van der Waals surface area contributed by atoms with Gasteiger partial charge < -0.3 is 10.3 Å². The van der Waals surface area contributed by atoms with E-state index in [-0.39, 0.29) is 6.04 Å². The van der Waals surface area contributed by atoms with E-state index in [1.807, 2.05) is 12.5 Å². The van der Waals surface area contributed by atoms with Crippen LogP contribution in [0.25, 0.3) is 0 Å². The molecule has 2 heterocycles. The van der Waals surface area contributed by atoms with Gasteiger partial charge in [-0.2, -0.15) is 0 Å². The molecule has 1 aliphatic heterocycles. The molecule has 0 saturated carbocycles. The number of aryl methyl sites for hydroxylation is 1. The predicted molar refractivity (Wildman–Crippen MR) is 72.9 cm³/mol. The number of hydrogen-bond acceptors (Lipinski definition) is 4. The number of nitrogens with zero attached hydrogens (tertiary/aromatic N) is 3. The van der Waals surface area contributed by atoms with Gasteiger partial charge in [-0.15, -0.1) is 0 Å². The van der Waals surface area contributed by atoms with E-state index in [2.05, 4.69) is 26.9 Å². The lowest BCUT2D eigenvalue weighted by molar-refractivity contribution is 0.128. The number of piperidine rings is 1. The molecule has 5 nitrogen and oxygen atoms in total. The lowest BCUT2D eigenvalue weighted by atomic mass is 10.1. The number of nitrogens with two attached hydrogens (primary N) is 1. The highest BCUT2D eigenvalue weighted by molar-refractivity contribution is 5.05. The highest BCUT2D eigenvalue weighted by atomic mass is 15.5. The van der Waals surface area contributed by atoms with Crippen LogP contribution in [0.5, 0.6) is 0 Å². The molecule has 1 aromatic rings. The van der Waals surface area contributed by atoms with Gasteiger partial charge >= 0.3 is 0 Å². The number of imidazole rings is 1. The van der Waals surface area contributed by atoms with Gasteiger partial charge in [-0.1, -0.05) is 13.3 Å². The second-order valence-corrected chi connectivity index (χ2v) is 4.98. The van der Waals surface area contributed by atoms with Crippen molar-refractivity contribution >= 4 is 0 Å². The van der Waals surface area contributed by atoms with Gasteiger partial charge in [0, 0.05) is 32.4 Å². The Kier molecular flexibility index (Phi) is 5.16. The summed E-state index contributed by atoms with van der Waals surface area (Å²) in [6, 6.07) is 0.178. The van der Waals surface area contributed by atoms with Gasteiger partial charge in [-0.05, 0) is 19.3 Å². The smallest absolute Gasteiger partial charge is 0.0948 e. The fourth-order valence-corrected chi connectivity index (χ4v) is 2.53. The summed E-state index contributed by atoms with van der Waals surface area (Å²) in [5.41, 5.74) is 10.7. The molecule has 1 atom stereocenters. The van der Waals surface area contributed by atoms with Crippen LogP contribution in [0.2, 0.25) is 0 Å². The molecule has 1 saturated heterocycles. The first-order valence-corrected chi connectivity index (χ1v) is 7.06. The van der Waals surface area contributed by atoms with Gasteiger partial charge in [-0.25, -0.2) is 15.4 Å². The molecule has 1 fully saturated rings. The van der Waals surface area contributed by atoms with E-state index in [0.717, 1.165) is 26.1 Å². The van der Waals surface area contributed by atoms with Crippen molar-refractivity contribution in [1.82, 2.24) is 20.0 Å². The molecule has 0 bridgehead atoms.